The molecular formula is C19H22F3N. The lowest BCUT2D eigenvalue weighted by Crippen LogP contribution is -2.26. The van der Waals surface area contributed by atoms with Crippen LogP contribution in [0, 0.1) is 6.92 Å². The van der Waals surface area contributed by atoms with Crippen molar-refractivity contribution in [3.8, 4) is 0 Å². The van der Waals surface area contributed by atoms with Gasteiger partial charge in [-0.3, -0.25) is 0 Å². The highest BCUT2D eigenvalue weighted by Crippen LogP contribution is 2.29. The molecule has 0 aliphatic rings. The van der Waals surface area contributed by atoms with Crippen LogP contribution in [0.5, 0.6) is 0 Å². The smallest absolute Gasteiger partial charge is 0.310 e. The van der Waals surface area contributed by atoms with Crippen molar-refractivity contribution in [3.63, 3.8) is 0 Å². The fourth-order valence-corrected chi connectivity index (χ4v) is 2.46. The van der Waals surface area contributed by atoms with Crippen LogP contribution in [0.2, 0.25) is 0 Å². The summed E-state index contributed by atoms with van der Waals surface area (Å²) in [6.45, 7) is 4.75. The Bertz CT molecular complexity index is 617. The fourth-order valence-electron chi connectivity index (χ4n) is 2.46. The Morgan fingerprint density at radius 2 is 1.70 bits per heavy atom. The molecule has 0 radical (unpaired) electrons. The summed E-state index contributed by atoms with van der Waals surface area (Å²) in [5, 5.41) is 3.36. The van der Waals surface area contributed by atoms with Crippen molar-refractivity contribution in [2.75, 3.05) is 0 Å². The molecule has 4 heteroatoms. The topological polar surface area (TPSA) is 12.0 Å². The minimum atomic E-state index is -4.27. The molecule has 0 heterocycles. The van der Waals surface area contributed by atoms with E-state index in [1.54, 1.807) is 0 Å². The quantitative estimate of drug-likeness (QED) is 0.778. The lowest BCUT2D eigenvalue weighted by Gasteiger charge is -2.14. The molecule has 2 rings (SSSR count). The van der Waals surface area contributed by atoms with E-state index in [1.807, 2.05) is 0 Å². The van der Waals surface area contributed by atoms with Gasteiger partial charge in [0.05, 0.1) is 5.56 Å². The lowest BCUT2D eigenvalue weighted by atomic mass is 10.0. The van der Waals surface area contributed by atoms with Crippen molar-refractivity contribution >= 4 is 0 Å². The molecule has 0 bridgehead atoms. The van der Waals surface area contributed by atoms with Crippen LogP contribution >= 0.6 is 0 Å². The first-order chi connectivity index (χ1) is 10.8. The van der Waals surface area contributed by atoms with Gasteiger partial charge < -0.3 is 5.32 Å². The van der Waals surface area contributed by atoms with E-state index in [0.717, 1.165) is 30.5 Å². The molecule has 0 spiro atoms. The van der Waals surface area contributed by atoms with Crippen molar-refractivity contribution in [1.29, 1.82) is 0 Å². The number of alkyl halides is 3. The summed E-state index contributed by atoms with van der Waals surface area (Å²) in [6.07, 6.45) is -2.29. The molecule has 0 unspecified atom stereocenters. The zero-order valence-electron chi connectivity index (χ0n) is 13.5. The van der Waals surface area contributed by atoms with Crippen LogP contribution in [0.4, 0.5) is 13.2 Å². The van der Waals surface area contributed by atoms with Crippen molar-refractivity contribution in [2.45, 2.75) is 45.5 Å². The second-order valence-electron chi connectivity index (χ2n) is 6.00. The predicted molar refractivity (Wildman–Crippen MR) is 87.2 cm³/mol. The van der Waals surface area contributed by atoms with Gasteiger partial charge in [-0.15, -0.1) is 0 Å². The molecule has 1 nitrogen and oxygen atoms in total. The molecule has 23 heavy (non-hydrogen) atoms. The van der Waals surface area contributed by atoms with Gasteiger partial charge in [0.25, 0.3) is 0 Å². The number of hydrogen-bond acceptors (Lipinski definition) is 1. The summed E-state index contributed by atoms with van der Waals surface area (Å²) in [6, 6.07) is 14.1. The summed E-state index contributed by atoms with van der Waals surface area (Å²) in [5.74, 6) is 0. The highest BCUT2D eigenvalue weighted by Gasteiger charge is 2.29. The standard InChI is InChI=1S/C19H22F3N/c1-14-4-3-5-16(12-14)7-6-15(2)23-13-17-8-10-18(11-9-17)19(20,21)22/h3-5,8-12,15,23H,6-7,13H2,1-2H3/t15-/m0/s1. The van der Waals surface area contributed by atoms with E-state index in [0.29, 0.717) is 12.6 Å². The highest BCUT2D eigenvalue weighted by molar-refractivity contribution is 5.24. The van der Waals surface area contributed by atoms with E-state index in [-0.39, 0.29) is 0 Å². The molecule has 0 amide bonds. The van der Waals surface area contributed by atoms with Gasteiger partial charge in [-0.2, -0.15) is 13.2 Å². The first-order valence-electron chi connectivity index (χ1n) is 7.79. The van der Waals surface area contributed by atoms with Crippen LogP contribution in [0.1, 0.15) is 35.6 Å². The highest BCUT2D eigenvalue weighted by atomic mass is 19.4. The third-order valence-corrected chi connectivity index (χ3v) is 3.88. The lowest BCUT2D eigenvalue weighted by molar-refractivity contribution is -0.137. The van der Waals surface area contributed by atoms with Crippen molar-refractivity contribution in [2.24, 2.45) is 0 Å². The first-order valence-corrected chi connectivity index (χ1v) is 7.79. The number of nitrogens with one attached hydrogen (secondary N) is 1. The first kappa shape index (κ1) is 17.5. The predicted octanol–water partition coefficient (Wildman–Crippen LogP) is 5.12. The summed E-state index contributed by atoms with van der Waals surface area (Å²) in [4.78, 5) is 0. The number of rotatable bonds is 6. The molecule has 0 saturated heterocycles. The van der Waals surface area contributed by atoms with Gasteiger partial charge in [0, 0.05) is 12.6 Å². The Morgan fingerprint density at radius 3 is 2.30 bits per heavy atom. The van der Waals surface area contributed by atoms with Crippen molar-refractivity contribution in [3.05, 3.63) is 70.8 Å². The number of benzene rings is 2. The van der Waals surface area contributed by atoms with Crippen LogP contribution in [-0.2, 0) is 19.1 Å². The maximum absolute atomic E-state index is 12.5. The third kappa shape index (κ3) is 5.71. The zero-order chi connectivity index (χ0) is 16.9. The SMILES string of the molecule is Cc1cccc(CC[C@H](C)NCc2ccc(C(F)(F)F)cc2)c1. The monoisotopic (exact) mass is 321 g/mol. The summed E-state index contributed by atoms with van der Waals surface area (Å²) < 4.78 is 37.5. The third-order valence-electron chi connectivity index (χ3n) is 3.88. The minimum absolute atomic E-state index is 0.304. The van der Waals surface area contributed by atoms with E-state index >= 15 is 0 Å². The van der Waals surface area contributed by atoms with E-state index in [9.17, 15) is 13.2 Å². The molecule has 1 N–H and O–H groups in total. The summed E-state index contributed by atoms with van der Waals surface area (Å²) >= 11 is 0. The minimum Gasteiger partial charge on any atom is -0.310 e. The number of aryl methyl sites for hydroxylation is 2. The molecule has 0 aromatic heterocycles. The summed E-state index contributed by atoms with van der Waals surface area (Å²) in [7, 11) is 0. The van der Waals surface area contributed by atoms with Gasteiger partial charge >= 0.3 is 6.18 Å². The molecule has 2 aromatic rings. The molecule has 0 saturated carbocycles. The number of hydrogen-bond donors (Lipinski definition) is 1. The van der Waals surface area contributed by atoms with Gasteiger partial charge in [0.15, 0.2) is 0 Å². The maximum atomic E-state index is 12.5. The van der Waals surface area contributed by atoms with E-state index in [2.05, 4.69) is 43.4 Å². The van der Waals surface area contributed by atoms with Gasteiger partial charge in [-0.1, -0.05) is 42.0 Å². The molecule has 0 aliphatic carbocycles. The van der Waals surface area contributed by atoms with Gasteiger partial charge in [-0.25, -0.2) is 0 Å². The Labute approximate surface area is 135 Å². The Hall–Kier alpha value is -1.81. The van der Waals surface area contributed by atoms with E-state index < -0.39 is 11.7 Å². The van der Waals surface area contributed by atoms with Crippen LogP contribution < -0.4 is 5.32 Å². The molecule has 1 atom stereocenters. The van der Waals surface area contributed by atoms with Crippen LogP contribution in [-0.4, -0.2) is 6.04 Å². The molecule has 124 valence electrons. The Kier molecular flexibility index (Phi) is 5.83. The van der Waals surface area contributed by atoms with E-state index in [4.69, 9.17) is 0 Å². The Morgan fingerprint density at radius 1 is 1.00 bits per heavy atom. The summed E-state index contributed by atoms with van der Waals surface area (Å²) in [5.41, 5.74) is 2.83. The molecule has 0 aliphatic heterocycles. The second kappa shape index (κ2) is 7.64. The van der Waals surface area contributed by atoms with Crippen molar-refractivity contribution < 1.29 is 13.2 Å². The molecular weight excluding hydrogens is 299 g/mol. The zero-order valence-corrected chi connectivity index (χ0v) is 13.5. The fraction of sp³-hybridized carbons (Fsp3) is 0.368. The maximum Gasteiger partial charge on any atom is 0.416 e. The van der Waals surface area contributed by atoms with Crippen LogP contribution in [0.3, 0.4) is 0 Å². The largest absolute Gasteiger partial charge is 0.416 e. The van der Waals surface area contributed by atoms with Crippen molar-refractivity contribution in [1.82, 2.24) is 5.32 Å². The van der Waals surface area contributed by atoms with Gasteiger partial charge in [-0.05, 0) is 49.9 Å². The average Bonchev–Trinajstić information content (AvgIpc) is 2.50. The van der Waals surface area contributed by atoms with Gasteiger partial charge in [0.1, 0.15) is 0 Å². The number of halogens is 3. The average molecular weight is 321 g/mol. The normalized spacial score (nSPS) is 13.1. The molecule has 0 fully saturated rings. The second-order valence-corrected chi connectivity index (χ2v) is 6.00. The van der Waals surface area contributed by atoms with Crippen LogP contribution in [0.25, 0.3) is 0 Å². The molecule has 2 aromatic carbocycles. The van der Waals surface area contributed by atoms with E-state index in [1.165, 1.54) is 23.3 Å². The van der Waals surface area contributed by atoms with Gasteiger partial charge in [0.2, 0.25) is 0 Å². The Balaban J connectivity index is 1.79. The van der Waals surface area contributed by atoms with Crippen LogP contribution in [0.15, 0.2) is 48.5 Å².